The minimum Gasteiger partial charge on any atom is -0.507 e. The monoisotopic (exact) mass is 555 g/mol. The standard InChI is InChI=1S/C30H37NO9/c32-16-23-26(35)27(36)28(37)30(40-23)24-22(33)11-10-20-25(34)21(17-39-29(20)24)18-6-8-19(9-7-18)38-15-5-4-14-31-12-2-1-3-13-31/h6-11,17,23,26-28,30,32-33,35-37H,1-5,12-16H2/t23-,26-,27+,28-,30+/m1/s1. The molecule has 10 heteroatoms. The van der Waals surface area contributed by atoms with Crippen LogP contribution >= 0.6 is 0 Å². The molecule has 2 saturated heterocycles. The van der Waals surface area contributed by atoms with Crippen LogP contribution < -0.4 is 10.2 Å². The minimum atomic E-state index is -1.65. The number of nitrogens with zero attached hydrogens (tertiary/aromatic N) is 1. The number of hydrogen-bond acceptors (Lipinski definition) is 10. The molecule has 3 aromatic rings. The number of aliphatic hydroxyl groups is 4. The van der Waals surface area contributed by atoms with Crippen molar-refractivity contribution in [3.8, 4) is 22.6 Å². The van der Waals surface area contributed by atoms with Crippen molar-refractivity contribution in [2.45, 2.75) is 62.6 Å². The lowest BCUT2D eigenvalue weighted by molar-refractivity contribution is -0.231. The molecule has 2 fully saturated rings. The number of aromatic hydroxyl groups is 1. The van der Waals surface area contributed by atoms with Crippen LogP contribution in [0.4, 0.5) is 0 Å². The topological polar surface area (TPSA) is 153 Å². The van der Waals surface area contributed by atoms with E-state index in [1.165, 1.54) is 50.7 Å². The molecule has 0 radical (unpaired) electrons. The van der Waals surface area contributed by atoms with Crippen molar-refractivity contribution in [1.82, 2.24) is 4.90 Å². The summed E-state index contributed by atoms with van der Waals surface area (Å²) in [7, 11) is 0. The Morgan fingerprint density at radius 2 is 1.68 bits per heavy atom. The normalized spacial score (nSPS) is 25.8. The number of rotatable bonds is 9. The minimum absolute atomic E-state index is 0.0254. The van der Waals surface area contributed by atoms with E-state index >= 15 is 0 Å². The van der Waals surface area contributed by atoms with Crippen LogP contribution in [0.25, 0.3) is 22.1 Å². The molecule has 5 atom stereocenters. The Kier molecular flexibility index (Phi) is 9.04. The van der Waals surface area contributed by atoms with E-state index in [1.54, 1.807) is 24.3 Å². The van der Waals surface area contributed by atoms with Gasteiger partial charge in [0.25, 0.3) is 0 Å². The molecule has 0 unspecified atom stereocenters. The maximum Gasteiger partial charge on any atom is 0.200 e. The second-order valence-corrected chi connectivity index (χ2v) is 10.6. The second kappa shape index (κ2) is 12.7. The molecule has 0 aliphatic carbocycles. The lowest BCUT2D eigenvalue weighted by Crippen LogP contribution is -2.55. The van der Waals surface area contributed by atoms with Gasteiger partial charge in [-0.2, -0.15) is 0 Å². The lowest BCUT2D eigenvalue weighted by atomic mass is 9.89. The first-order chi connectivity index (χ1) is 19.4. The highest BCUT2D eigenvalue weighted by Gasteiger charge is 2.45. The average Bonchev–Trinajstić information content (AvgIpc) is 2.97. The highest BCUT2D eigenvalue weighted by atomic mass is 16.5. The number of aliphatic hydroxyl groups excluding tert-OH is 4. The predicted molar refractivity (Wildman–Crippen MR) is 147 cm³/mol. The molecule has 40 heavy (non-hydrogen) atoms. The number of unbranched alkanes of at least 4 members (excludes halogenated alkanes) is 1. The third-order valence-electron chi connectivity index (χ3n) is 7.89. The third-order valence-corrected chi connectivity index (χ3v) is 7.89. The molecule has 1 aromatic heterocycles. The summed E-state index contributed by atoms with van der Waals surface area (Å²) in [5, 5.41) is 51.2. The predicted octanol–water partition coefficient (Wildman–Crippen LogP) is 2.33. The molecule has 2 aromatic carbocycles. The molecule has 5 N–H and O–H groups in total. The van der Waals surface area contributed by atoms with Crippen LogP contribution in [-0.4, -0.2) is 87.7 Å². The quantitative estimate of drug-likeness (QED) is 0.249. The van der Waals surface area contributed by atoms with E-state index in [2.05, 4.69) is 4.90 Å². The Hall–Kier alpha value is -2.99. The van der Waals surface area contributed by atoms with Crippen LogP contribution in [0.2, 0.25) is 0 Å². The van der Waals surface area contributed by atoms with E-state index < -0.39 is 37.1 Å². The van der Waals surface area contributed by atoms with Gasteiger partial charge in [-0.15, -0.1) is 0 Å². The van der Waals surface area contributed by atoms with E-state index in [0.29, 0.717) is 23.5 Å². The van der Waals surface area contributed by atoms with Gasteiger partial charge in [0.2, 0.25) is 5.43 Å². The average molecular weight is 556 g/mol. The van der Waals surface area contributed by atoms with Gasteiger partial charge in [-0.05, 0) is 75.1 Å². The van der Waals surface area contributed by atoms with Crippen LogP contribution in [0.15, 0.2) is 51.9 Å². The van der Waals surface area contributed by atoms with Gasteiger partial charge in [0.05, 0.1) is 29.7 Å². The SMILES string of the molecule is O=c1c(-c2ccc(OCCCCN3CCCCC3)cc2)coc2c([C@@H]3O[C@H](CO)[C@@H](O)[C@H](O)[C@H]3O)c(O)ccc12. The zero-order chi connectivity index (χ0) is 28.2. The molecular weight excluding hydrogens is 518 g/mol. The fourth-order valence-corrected chi connectivity index (χ4v) is 5.57. The fraction of sp³-hybridized carbons (Fsp3) is 0.500. The van der Waals surface area contributed by atoms with E-state index in [0.717, 1.165) is 19.4 Å². The molecule has 0 bridgehead atoms. The van der Waals surface area contributed by atoms with Gasteiger partial charge < -0.3 is 44.3 Å². The summed E-state index contributed by atoms with van der Waals surface area (Å²) < 4.78 is 17.3. The third kappa shape index (κ3) is 5.88. The van der Waals surface area contributed by atoms with Crippen molar-refractivity contribution in [3.63, 3.8) is 0 Å². The number of ether oxygens (including phenoxy) is 2. The molecule has 2 aliphatic heterocycles. The van der Waals surface area contributed by atoms with Crippen molar-refractivity contribution < 1.29 is 39.4 Å². The number of likely N-dealkylation sites (tertiary alicyclic amines) is 1. The molecule has 5 rings (SSSR count). The number of hydrogen-bond donors (Lipinski definition) is 5. The maximum atomic E-state index is 13.4. The van der Waals surface area contributed by atoms with Crippen LogP contribution in [0.3, 0.4) is 0 Å². The Morgan fingerprint density at radius 1 is 0.925 bits per heavy atom. The van der Waals surface area contributed by atoms with Crippen molar-refractivity contribution in [2.75, 3.05) is 32.8 Å². The van der Waals surface area contributed by atoms with Crippen LogP contribution in [0.5, 0.6) is 11.5 Å². The summed E-state index contributed by atoms with van der Waals surface area (Å²) in [6.07, 6.45) is -0.128. The molecular formula is C30H37NO9. The lowest BCUT2D eigenvalue weighted by Gasteiger charge is -2.40. The molecule has 0 amide bonds. The van der Waals surface area contributed by atoms with Crippen molar-refractivity contribution >= 4 is 11.0 Å². The van der Waals surface area contributed by atoms with E-state index in [-0.39, 0.29) is 27.7 Å². The molecule has 216 valence electrons. The van der Waals surface area contributed by atoms with Gasteiger partial charge in [-0.25, -0.2) is 0 Å². The van der Waals surface area contributed by atoms with E-state index in [4.69, 9.17) is 13.9 Å². The number of phenols is 1. The number of fused-ring (bicyclic) bond motifs is 1. The maximum absolute atomic E-state index is 13.4. The van der Waals surface area contributed by atoms with Gasteiger partial charge in [-0.1, -0.05) is 18.6 Å². The summed E-state index contributed by atoms with van der Waals surface area (Å²) in [6.45, 7) is 3.49. The highest BCUT2D eigenvalue weighted by molar-refractivity contribution is 5.86. The van der Waals surface area contributed by atoms with Gasteiger partial charge in [0, 0.05) is 0 Å². The summed E-state index contributed by atoms with van der Waals surface area (Å²) >= 11 is 0. The molecule has 2 aliphatic rings. The van der Waals surface area contributed by atoms with Crippen LogP contribution in [0.1, 0.15) is 43.8 Å². The summed E-state index contributed by atoms with van der Waals surface area (Å²) in [6, 6.07) is 9.86. The number of phenolic OH excluding ortho intramolecular Hbond substituents is 1. The van der Waals surface area contributed by atoms with Crippen LogP contribution in [0, 0.1) is 0 Å². The van der Waals surface area contributed by atoms with Gasteiger partial charge >= 0.3 is 0 Å². The Morgan fingerprint density at radius 3 is 2.40 bits per heavy atom. The summed E-state index contributed by atoms with van der Waals surface area (Å²) in [5.41, 5.74) is 0.477. The second-order valence-electron chi connectivity index (χ2n) is 10.6. The van der Waals surface area contributed by atoms with E-state index in [9.17, 15) is 30.3 Å². The molecule has 0 spiro atoms. The van der Waals surface area contributed by atoms with Crippen molar-refractivity contribution in [2.24, 2.45) is 0 Å². The zero-order valence-electron chi connectivity index (χ0n) is 22.3. The van der Waals surface area contributed by atoms with Crippen molar-refractivity contribution in [3.05, 3.63) is 58.4 Å². The van der Waals surface area contributed by atoms with E-state index in [1.807, 2.05) is 0 Å². The first kappa shape index (κ1) is 28.5. The first-order valence-corrected chi connectivity index (χ1v) is 13.9. The van der Waals surface area contributed by atoms with Crippen molar-refractivity contribution in [1.29, 1.82) is 0 Å². The number of piperidine rings is 1. The first-order valence-electron chi connectivity index (χ1n) is 13.9. The highest BCUT2D eigenvalue weighted by Crippen LogP contribution is 2.40. The number of benzene rings is 2. The fourth-order valence-electron chi connectivity index (χ4n) is 5.57. The molecule has 0 saturated carbocycles. The zero-order valence-corrected chi connectivity index (χ0v) is 22.3. The van der Waals surface area contributed by atoms with Gasteiger partial charge in [0.15, 0.2) is 0 Å². The Balaban J connectivity index is 1.30. The summed E-state index contributed by atoms with van der Waals surface area (Å²) in [5.74, 6) is 0.381. The van der Waals surface area contributed by atoms with Gasteiger partial charge in [-0.3, -0.25) is 4.79 Å². The van der Waals surface area contributed by atoms with Gasteiger partial charge in [0.1, 0.15) is 53.9 Å². The smallest absolute Gasteiger partial charge is 0.200 e. The molecule has 10 nitrogen and oxygen atoms in total. The molecule has 3 heterocycles. The largest absolute Gasteiger partial charge is 0.507 e. The Labute approximate surface area is 232 Å². The Bertz CT molecular complexity index is 1330. The summed E-state index contributed by atoms with van der Waals surface area (Å²) in [4.78, 5) is 16.0. The van der Waals surface area contributed by atoms with Crippen LogP contribution in [-0.2, 0) is 4.74 Å².